The monoisotopic (exact) mass is 554 g/mol. The SMILES string of the molecule is COc1ccc2c(c1)CCN(C(=O)OC(C)(C)C)C2C(=O)Nc1cc(F)c(C(C)(C)COCC(F)F)c(F)c1. The van der Waals surface area contributed by atoms with Crippen LogP contribution in [-0.2, 0) is 26.1 Å². The number of nitrogens with zero attached hydrogens (tertiary/aromatic N) is 1. The normalized spacial score (nSPS) is 15.7. The van der Waals surface area contributed by atoms with E-state index in [2.05, 4.69) is 5.32 Å². The molecular formula is C28H34F4N2O5. The van der Waals surface area contributed by atoms with Gasteiger partial charge in [-0.1, -0.05) is 19.9 Å². The van der Waals surface area contributed by atoms with Gasteiger partial charge in [0, 0.05) is 23.2 Å². The van der Waals surface area contributed by atoms with Crippen LogP contribution in [0, 0.1) is 11.6 Å². The number of benzene rings is 2. The number of anilines is 1. The highest BCUT2D eigenvalue weighted by Gasteiger charge is 2.39. The van der Waals surface area contributed by atoms with Gasteiger partial charge in [-0.3, -0.25) is 9.69 Å². The summed E-state index contributed by atoms with van der Waals surface area (Å²) >= 11 is 0. The van der Waals surface area contributed by atoms with E-state index < -0.39 is 53.7 Å². The van der Waals surface area contributed by atoms with Crippen LogP contribution in [0.25, 0.3) is 0 Å². The molecule has 0 spiro atoms. The molecule has 1 aliphatic heterocycles. The molecule has 11 heteroatoms. The van der Waals surface area contributed by atoms with Crippen LogP contribution in [-0.4, -0.2) is 55.8 Å². The van der Waals surface area contributed by atoms with Crippen LogP contribution in [0.5, 0.6) is 5.75 Å². The van der Waals surface area contributed by atoms with Gasteiger partial charge in [-0.05, 0) is 62.6 Å². The van der Waals surface area contributed by atoms with Crippen molar-refractivity contribution in [3.05, 3.63) is 58.7 Å². The number of alkyl halides is 2. The summed E-state index contributed by atoms with van der Waals surface area (Å²) in [6.07, 6.45) is -2.97. The Bertz CT molecular complexity index is 1190. The Balaban J connectivity index is 1.91. The van der Waals surface area contributed by atoms with E-state index in [1.54, 1.807) is 39.0 Å². The molecule has 0 fully saturated rings. The summed E-state index contributed by atoms with van der Waals surface area (Å²) in [7, 11) is 1.51. The van der Waals surface area contributed by atoms with Crippen molar-refractivity contribution in [2.24, 2.45) is 0 Å². The van der Waals surface area contributed by atoms with Crippen molar-refractivity contribution in [2.45, 2.75) is 64.5 Å². The van der Waals surface area contributed by atoms with E-state index in [0.29, 0.717) is 17.7 Å². The van der Waals surface area contributed by atoms with Crippen LogP contribution in [0.1, 0.15) is 57.4 Å². The molecule has 0 radical (unpaired) electrons. The van der Waals surface area contributed by atoms with Crippen LogP contribution < -0.4 is 10.1 Å². The predicted molar refractivity (Wildman–Crippen MR) is 137 cm³/mol. The minimum Gasteiger partial charge on any atom is -0.497 e. The number of amides is 2. The van der Waals surface area contributed by atoms with Gasteiger partial charge in [0.15, 0.2) is 0 Å². The second-order valence-corrected chi connectivity index (χ2v) is 11.0. The molecule has 3 rings (SSSR count). The Labute approximate surface area is 225 Å². The van der Waals surface area contributed by atoms with Crippen LogP contribution in [0.15, 0.2) is 30.3 Å². The summed E-state index contributed by atoms with van der Waals surface area (Å²) < 4.78 is 70.8. The number of carbonyl (C=O) groups excluding carboxylic acids is 2. The first-order chi connectivity index (χ1) is 18.1. The molecule has 2 aromatic carbocycles. The molecule has 39 heavy (non-hydrogen) atoms. The molecule has 1 heterocycles. The third-order valence-corrected chi connectivity index (χ3v) is 6.15. The van der Waals surface area contributed by atoms with E-state index in [0.717, 1.165) is 17.7 Å². The minimum atomic E-state index is -2.71. The van der Waals surface area contributed by atoms with Crippen LogP contribution in [0.3, 0.4) is 0 Å². The fourth-order valence-corrected chi connectivity index (χ4v) is 4.51. The number of rotatable bonds is 8. The van der Waals surface area contributed by atoms with E-state index in [-0.39, 0.29) is 24.4 Å². The van der Waals surface area contributed by atoms with Crippen LogP contribution in [0.4, 0.5) is 28.0 Å². The average molecular weight is 555 g/mol. The fraction of sp³-hybridized carbons (Fsp3) is 0.500. The number of fused-ring (bicyclic) bond motifs is 1. The molecular weight excluding hydrogens is 520 g/mol. The van der Waals surface area contributed by atoms with E-state index in [9.17, 15) is 18.4 Å². The van der Waals surface area contributed by atoms with Gasteiger partial charge in [-0.15, -0.1) is 0 Å². The van der Waals surface area contributed by atoms with Crippen molar-refractivity contribution in [3.8, 4) is 5.75 Å². The summed E-state index contributed by atoms with van der Waals surface area (Å²) in [6.45, 7) is 7.01. The number of methoxy groups -OCH3 is 1. The third kappa shape index (κ3) is 7.40. The second-order valence-electron chi connectivity index (χ2n) is 11.0. The Morgan fingerprint density at radius 1 is 1.08 bits per heavy atom. The molecule has 0 aromatic heterocycles. The standard InChI is InChI=1S/C28H34F4N2O5/c1-27(2,3)39-26(36)34-10-9-16-11-18(37-6)7-8-19(16)24(34)25(35)33-17-12-20(29)23(21(30)13-17)28(4,5)15-38-14-22(31)32/h7-8,11-13,22,24H,9-10,14-15H2,1-6H3,(H,33,35). The van der Waals surface area contributed by atoms with Gasteiger partial charge in [-0.2, -0.15) is 0 Å². The summed E-state index contributed by atoms with van der Waals surface area (Å²) in [6, 6.07) is 5.85. The molecule has 2 amide bonds. The first-order valence-corrected chi connectivity index (χ1v) is 12.5. The summed E-state index contributed by atoms with van der Waals surface area (Å²) in [5, 5.41) is 2.52. The minimum absolute atomic E-state index is 0.168. The second kappa shape index (κ2) is 11.8. The van der Waals surface area contributed by atoms with Gasteiger partial charge in [-0.25, -0.2) is 22.4 Å². The van der Waals surface area contributed by atoms with Gasteiger partial charge < -0.3 is 19.5 Å². The Morgan fingerprint density at radius 3 is 2.28 bits per heavy atom. The van der Waals surface area contributed by atoms with Gasteiger partial charge >= 0.3 is 6.09 Å². The summed E-state index contributed by atoms with van der Waals surface area (Å²) in [5.74, 6) is -2.07. The maximum absolute atomic E-state index is 15.1. The van der Waals surface area contributed by atoms with Crippen molar-refractivity contribution in [1.29, 1.82) is 0 Å². The van der Waals surface area contributed by atoms with Gasteiger partial charge in [0.25, 0.3) is 12.3 Å². The van der Waals surface area contributed by atoms with Crippen molar-refractivity contribution < 1.29 is 41.4 Å². The maximum atomic E-state index is 15.1. The Kier molecular flexibility index (Phi) is 9.15. The highest BCUT2D eigenvalue weighted by molar-refractivity contribution is 5.98. The molecule has 0 saturated carbocycles. The first-order valence-electron chi connectivity index (χ1n) is 12.5. The van der Waals surface area contributed by atoms with Crippen molar-refractivity contribution in [3.63, 3.8) is 0 Å². The number of hydrogen-bond donors (Lipinski definition) is 1. The molecule has 0 saturated heterocycles. The highest BCUT2D eigenvalue weighted by atomic mass is 19.3. The smallest absolute Gasteiger partial charge is 0.411 e. The molecule has 1 aliphatic rings. The number of ether oxygens (including phenoxy) is 3. The van der Waals surface area contributed by atoms with Crippen molar-refractivity contribution in [1.82, 2.24) is 4.90 Å². The van der Waals surface area contributed by atoms with E-state index in [1.807, 2.05) is 0 Å². The number of carbonyl (C=O) groups is 2. The van der Waals surface area contributed by atoms with E-state index >= 15 is 8.78 Å². The van der Waals surface area contributed by atoms with Gasteiger partial charge in [0.2, 0.25) is 0 Å². The topological polar surface area (TPSA) is 77.1 Å². The fourth-order valence-electron chi connectivity index (χ4n) is 4.51. The van der Waals surface area contributed by atoms with Gasteiger partial charge in [0.05, 0.1) is 13.7 Å². The average Bonchev–Trinajstić information content (AvgIpc) is 2.80. The summed E-state index contributed by atoms with van der Waals surface area (Å²) in [5.41, 5.74) is -1.30. The zero-order chi connectivity index (χ0) is 29.1. The lowest BCUT2D eigenvalue weighted by Crippen LogP contribution is -2.47. The molecule has 2 aromatic rings. The number of nitrogens with one attached hydrogen (secondary N) is 1. The Hall–Kier alpha value is -3.34. The Morgan fingerprint density at radius 2 is 1.72 bits per heavy atom. The molecule has 0 aliphatic carbocycles. The molecule has 1 atom stereocenters. The van der Waals surface area contributed by atoms with E-state index in [4.69, 9.17) is 14.2 Å². The predicted octanol–water partition coefficient (Wildman–Crippen LogP) is 6.01. The molecule has 7 nitrogen and oxygen atoms in total. The lowest BCUT2D eigenvalue weighted by molar-refractivity contribution is -0.122. The summed E-state index contributed by atoms with van der Waals surface area (Å²) in [4.78, 5) is 27.9. The molecule has 1 unspecified atom stereocenters. The van der Waals surface area contributed by atoms with E-state index in [1.165, 1.54) is 25.9 Å². The zero-order valence-corrected chi connectivity index (χ0v) is 22.9. The largest absolute Gasteiger partial charge is 0.497 e. The quantitative estimate of drug-likeness (QED) is 0.405. The van der Waals surface area contributed by atoms with Crippen LogP contribution in [0.2, 0.25) is 0 Å². The molecule has 0 bridgehead atoms. The first kappa shape index (κ1) is 30.2. The zero-order valence-electron chi connectivity index (χ0n) is 22.9. The number of halogens is 4. The number of hydrogen-bond acceptors (Lipinski definition) is 5. The maximum Gasteiger partial charge on any atom is 0.411 e. The van der Waals surface area contributed by atoms with Crippen molar-refractivity contribution >= 4 is 17.7 Å². The highest BCUT2D eigenvalue weighted by Crippen LogP contribution is 2.35. The molecule has 214 valence electrons. The van der Waals surface area contributed by atoms with Crippen LogP contribution >= 0.6 is 0 Å². The third-order valence-electron chi connectivity index (χ3n) is 6.15. The lowest BCUT2D eigenvalue weighted by Gasteiger charge is -2.37. The van der Waals surface area contributed by atoms with Crippen molar-refractivity contribution in [2.75, 3.05) is 32.2 Å². The molecule has 1 N–H and O–H groups in total. The lowest BCUT2D eigenvalue weighted by atomic mass is 9.84. The van der Waals surface area contributed by atoms with Gasteiger partial charge in [0.1, 0.15) is 35.6 Å².